The predicted octanol–water partition coefficient (Wildman–Crippen LogP) is 2.07. The quantitative estimate of drug-likeness (QED) is 0.470. The SMILES string of the molecule is O=[N+]([O-])c1ccc(SO)c([N+](=O)[O-])c1. The first kappa shape index (κ1) is 10.4. The summed E-state index contributed by atoms with van der Waals surface area (Å²) in [6.45, 7) is 0. The number of nitro benzene ring substituents is 2. The lowest BCUT2D eigenvalue weighted by molar-refractivity contribution is -0.396. The van der Waals surface area contributed by atoms with E-state index in [1.54, 1.807) is 0 Å². The number of non-ortho nitro benzene ring substituents is 1. The Hall–Kier alpha value is -1.67. The van der Waals surface area contributed by atoms with E-state index in [9.17, 15) is 20.2 Å². The molecular weight excluding hydrogens is 212 g/mol. The van der Waals surface area contributed by atoms with E-state index >= 15 is 0 Å². The van der Waals surface area contributed by atoms with Gasteiger partial charge in [-0.15, -0.1) is 0 Å². The summed E-state index contributed by atoms with van der Waals surface area (Å²) in [6, 6.07) is 3.02. The van der Waals surface area contributed by atoms with Crippen molar-refractivity contribution in [3.05, 3.63) is 38.4 Å². The van der Waals surface area contributed by atoms with Crippen LogP contribution in [0.5, 0.6) is 0 Å². The highest BCUT2D eigenvalue weighted by atomic mass is 32.2. The molecule has 0 fully saturated rings. The summed E-state index contributed by atoms with van der Waals surface area (Å²) >= 11 is 0.180. The highest BCUT2D eigenvalue weighted by Gasteiger charge is 2.19. The highest BCUT2D eigenvalue weighted by Crippen LogP contribution is 2.30. The Morgan fingerprint density at radius 2 is 1.86 bits per heavy atom. The number of benzene rings is 1. The van der Waals surface area contributed by atoms with Crippen LogP contribution in [0.4, 0.5) is 11.4 Å². The summed E-state index contributed by atoms with van der Waals surface area (Å²) < 4.78 is 8.64. The van der Waals surface area contributed by atoms with Crippen LogP contribution in [0, 0.1) is 20.2 Å². The maximum atomic E-state index is 10.4. The molecule has 1 aromatic rings. The second-order valence-corrected chi connectivity index (χ2v) is 2.88. The molecule has 0 saturated carbocycles. The number of rotatable bonds is 3. The second kappa shape index (κ2) is 4.03. The fraction of sp³-hybridized carbons (Fsp3) is 0. The van der Waals surface area contributed by atoms with Crippen molar-refractivity contribution in [2.24, 2.45) is 0 Å². The summed E-state index contributed by atoms with van der Waals surface area (Å²) in [7, 11) is 0. The Labute approximate surface area is 81.9 Å². The van der Waals surface area contributed by atoms with Gasteiger partial charge in [-0.2, -0.15) is 0 Å². The van der Waals surface area contributed by atoms with Gasteiger partial charge in [0.15, 0.2) is 0 Å². The normalized spacial score (nSPS) is 9.79. The second-order valence-electron chi connectivity index (χ2n) is 2.26. The number of nitrogens with zero attached hydrogens (tertiary/aromatic N) is 2. The van der Waals surface area contributed by atoms with Crippen molar-refractivity contribution >= 4 is 23.4 Å². The molecule has 0 aromatic heterocycles. The molecule has 1 rings (SSSR count). The minimum Gasteiger partial charge on any atom is -0.325 e. The molecule has 0 unspecified atom stereocenters. The van der Waals surface area contributed by atoms with Crippen LogP contribution >= 0.6 is 12.0 Å². The molecule has 0 aliphatic heterocycles. The lowest BCUT2D eigenvalue weighted by Gasteiger charge is -1.97. The van der Waals surface area contributed by atoms with E-state index in [0.29, 0.717) is 0 Å². The standard InChI is InChI=1S/C6H4N2O5S/c9-7(10)4-1-2-6(14-13)5(3-4)8(11)12/h1-3,13H. The Morgan fingerprint density at radius 3 is 2.29 bits per heavy atom. The molecule has 0 heterocycles. The molecule has 8 heteroatoms. The molecule has 1 aromatic carbocycles. The highest BCUT2D eigenvalue weighted by molar-refractivity contribution is 7.94. The van der Waals surface area contributed by atoms with E-state index < -0.39 is 15.5 Å². The third-order valence-corrected chi connectivity index (χ3v) is 1.99. The van der Waals surface area contributed by atoms with Gasteiger partial charge in [0, 0.05) is 18.1 Å². The number of hydrogen-bond donors (Lipinski definition) is 1. The summed E-state index contributed by atoms with van der Waals surface area (Å²) in [5.41, 5.74) is -0.860. The zero-order valence-corrected chi connectivity index (χ0v) is 7.43. The van der Waals surface area contributed by atoms with Gasteiger partial charge >= 0.3 is 0 Å². The van der Waals surface area contributed by atoms with Crippen molar-refractivity contribution < 1.29 is 14.4 Å². The van der Waals surface area contributed by atoms with Crippen LogP contribution in [0.15, 0.2) is 23.1 Å². The fourth-order valence-corrected chi connectivity index (χ4v) is 1.20. The molecule has 7 nitrogen and oxygen atoms in total. The van der Waals surface area contributed by atoms with E-state index in [4.69, 9.17) is 4.55 Å². The van der Waals surface area contributed by atoms with E-state index in [1.165, 1.54) is 0 Å². The van der Waals surface area contributed by atoms with Crippen LogP contribution < -0.4 is 0 Å². The first-order chi connectivity index (χ1) is 6.56. The van der Waals surface area contributed by atoms with Gasteiger partial charge in [-0.05, 0) is 6.07 Å². The maximum absolute atomic E-state index is 10.4. The molecule has 0 aliphatic rings. The number of nitro groups is 2. The molecule has 0 saturated heterocycles. The minimum absolute atomic E-state index is 0.0272. The molecule has 0 bridgehead atoms. The summed E-state index contributed by atoms with van der Waals surface area (Å²) in [6.07, 6.45) is 0. The van der Waals surface area contributed by atoms with Gasteiger partial charge in [0.05, 0.1) is 15.9 Å². The molecule has 0 radical (unpaired) electrons. The Kier molecular flexibility index (Phi) is 2.99. The summed E-state index contributed by atoms with van der Waals surface area (Å²) in [5.74, 6) is 0. The van der Waals surface area contributed by atoms with Crippen molar-refractivity contribution in [3.8, 4) is 0 Å². The van der Waals surface area contributed by atoms with Crippen LogP contribution in [-0.2, 0) is 0 Å². The minimum atomic E-state index is -0.786. The van der Waals surface area contributed by atoms with Gasteiger partial charge in [0.1, 0.15) is 4.90 Å². The molecule has 0 amide bonds. The van der Waals surface area contributed by atoms with Crippen LogP contribution in [0.1, 0.15) is 0 Å². The molecule has 1 N–H and O–H groups in total. The zero-order chi connectivity index (χ0) is 10.7. The monoisotopic (exact) mass is 216 g/mol. The Morgan fingerprint density at radius 1 is 1.21 bits per heavy atom. The summed E-state index contributed by atoms with van der Waals surface area (Å²) in [5, 5.41) is 20.7. The van der Waals surface area contributed by atoms with E-state index in [1.807, 2.05) is 0 Å². The first-order valence-electron chi connectivity index (χ1n) is 3.30. The molecule has 14 heavy (non-hydrogen) atoms. The van der Waals surface area contributed by atoms with Crippen molar-refractivity contribution in [3.63, 3.8) is 0 Å². The van der Waals surface area contributed by atoms with Crippen LogP contribution in [0.2, 0.25) is 0 Å². The first-order valence-corrected chi connectivity index (χ1v) is 4.08. The van der Waals surface area contributed by atoms with Crippen LogP contribution in [0.3, 0.4) is 0 Å². The van der Waals surface area contributed by atoms with Crippen molar-refractivity contribution in [2.45, 2.75) is 4.90 Å². The van der Waals surface area contributed by atoms with Gasteiger partial charge < -0.3 is 4.55 Å². The zero-order valence-electron chi connectivity index (χ0n) is 6.61. The van der Waals surface area contributed by atoms with Gasteiger partial charge in [0.2, 0.25) is 0 Å². The predicted molar refractivity (Wildman–Crippen MR) is 48.2 cm³/mol. The Bertz CT molecular complexity index is 394. The van der Waals surface area contributed by atoms with Gasteiger partial charge in [-0.1, -0.05) is 0 Å². The average molecular weight is 216 g/mol. The summed E-state index contributed by atoms with van der Waals surface area (Å²) in [4.78, 5) is 19.2. The third kappa shape index (κ3) is 1.98. The van der Waals surface area contributed by atoms with Crippen molar-refractivity contribution in [2.75, 3.05) is 0 Å². The maximum Gasteiger partial charge on any atom is 0.292 e. The van der Waals surface area contributed by atoms with Gasteiger partial charge in [0.25, 0.3) is 11.4 Å². The molecular formula is C6H4N2O5S. The lowest BCUT2D eigenvalue weighted by atomic mass is 10.3. The van der Waals surface area contributed by atoms with Crippen LogP contribution in [0.25, 0.3) is 0 Å². The smallest absolute Gasteiger partial charge is 0.292 e. The largest absolute Gasteiger partial charge is 0.325 e. The van der Waals surface area contributed by atoms with Crippen LogP contribution in [-0.4, -0.2) is 14.4 Å². The average Bonchev–Trinajstić information content (AvgIpc) is 2.16. The third-order valence-electron chi connectivity index (χ3n) is 1.45. The Balaban J connectivity index is 3.27. The van der Waals surface area contributed by atoms with E-state index in [-0.39, 0.29) is 22.6 Å². The molecule has 0 aliphatic carbocycles. The lowest BCUT2D eigenvalue weighted by Crippen LogP contribution is -1.94. The van der Waals surface area contributed by atoms with Crippen molar-refractivity contribution in [1.82, 2.24) is 0 Å². The molecule has 0 atom stereocenters. The number of hydrogen-bond acceptors (Lipinski definition) is 6. The van der Waals surface area contributed by atoms with Gasteiger partial charge in [-0.3, -0.25) is 20.2 Å². The topological polar surface area (TPSA) is 107 Å². The van der Waals surface area contributed by atoms with E-state index in [2.05, 4.69) is 0 Å². The molecule has 74 valence electrons. The van der Waals surface area contributed by atoms with E-state index in [0.717, 1.165) is 18.2 Å². The fourth-order valence-electron chi connectivity index (χ4n) is 0.839. The van der Waals surface area contributed by atoms with Crippen molar-refractivity contribution in [1.29, 1.82) is 0 Å². The van der Waals surface area contributed by atoms with Gasteiger partial charge in [-0.25, -0.2) is 0 Å². The molecule has 0 spiro atoms.